The summed E-state index contributed by atoms with van der Waals surface area (Å²) in [5.41, 5.74) is 2.82. The summed E-state index contributed by atoms with van der Waals surface area (Å²) in [4.78, 5) is 4.26. The number of pyridine rings is 1. The van der Waals surface area contributed by atoms with Gasteiger partial charge in [0.15, 0.2) is 0 Å². The Labute approximate surface area is 144 Å². The topological polar surface area (TPSA) is 59.5 Å². The van der Waals surface area contributed by atoms with Gasteiger partial charge in [0.1, 0.15) is 0 Å². The maximum atomic E-state index is 12.7. The molecule has 6 heteroatoms. The highest BCUT2D eigenvalue weighted by molar-refractivity contribution is 7.89. The summed E-state index contributed by atoms with van der Waals surface area (Å²) in [7, 11) is -1.82. The third-order valence-corrected chi connectivity index (χ3v) is 5.50. The van der Waals surface area contributed by atoms with Gasteiger partial charge < -0.3 is 4.74 Å². The molecule has 2 aromatic rings. The molecule has 0 radical (unpaired) electrons. The molecule has 0 aliphatic heterocycles. The molecule has 1 aromatic carbocycles. The standard InChI is InChI=1S/C18H24N2O3S/c1-16-7-5-8-17(13-16)14-20(15-18-9-3-4-10-19-18)24(21,22)12-6-11-23-2/h3-5,7-10,13H,6,11-12,14-15H2,1-2H3. The van der Waals surface area contributed by atoms with Gasteiger partial charge in [0.2, 0.25) is 10.0 Å². The molecule has 0 aliphatic rings. The molecule has 0 aliphatic carbocycles. The van der Waals surface area contributed by atoms with Gasteiger partial charge in [0, 0.05) is 26.5 Å². The highest BCUT2D eigenvalue weighted by Crippen LogP contribution is 2.15. The molecular weight excluding hydrogens is 324 g/mol. The number of aryl methyl sites for hydroxylation is 1. The summed E-state index contributed by atoms with van der Waals surface area (Å²) in [6.07, 6.45) is 2.16. The van der Waals surface area contributed by atoms with Crippen LogP contribution < -0.4 is 0 Å². The molecule has 5 nitrogen and oxygen atoms in total. The zero-order chi connectivity index (χ0) is 17.4. The van der Waals surface area contributed by atoms with Gasteiger partial charge in [-0.2, -0.15) is 4.31 Å². The smallest absolute Gasteiger partial charge is 0.214 e. The van der Waals surface area contributed by atoms with Gasteiger partial charge in [-0.25, -0.2) is 8.42 Å². The summed E-state index contributed by atoms with van der Waals surface area (Å²) in [6, 6.07) is 13.4. The second-order valence-corrected chi connectivity index (χ2v) is 7.83. The van der Waals surface area contributed by atoms with Crippen molar-refractivity contribution in [1.82, 2.24) is 9.29 Å². The van der Waals surface area contributed by atoms with Gasteiger partial charge in [-0.05, 0) is 31.0 Å². The highest BCUT2D eigenvalue weighted by Gasteiger charge is 2.22. The number of sulfonamides is 1. The molecule has 2 rings (SSSR count). The molecule has 1 heterocycles. The monoisotopic (exact) mass is 348 g/mol. The number of ether oxygens (including phenoxy) is 1. The second kappa shape index (κ2) is 8.92. The maximum Gasteiger partial charge on any atom is 0.214 e. The molecular formula is C18H24N2O3S. The van der Waals surface area contributed by atoms with Gasteiger partial charge in [0.25, 0.3) is 0 Å². The van der Waals surface area contributed by atoms with Crippen LogP contribution in [0.3, 0.4) is 0 Å². The van der Waals surface area contributed by atoms with E-state index in [1.54, 1.807) is 13.3 Å². The van der Waals surface area contributed by atoms with E-state index in [0.29, 0.717) is 19.6 Å². The van der Waals surface area contributed by atoms with Crippen molar-refractivity contribution in [3.8, 4) is 0 Å². The van der Waals surface area contributed by atoms with Crippen molar-refractivity contribution in [2.45, 2.75) is 26.4 Å². The lowest BCUT2D eigenvalue weighted by atomic mass is 10.1. The van der Waals surface area contributed by atoms with Crippen molar-refractivity contribution in [3.63, 3.8) is 0 Å². The number of aromatic nitrogens is 1. The molecule has 0 amide bonds. The largest absolute Gasteiger partial charge is 0.385 e. The molecule has 1 aromatic heterocycles. The molecule has 0 unspecified atom stereocenters. The Kier molecular flexibility index (Phi) is 6.90. The number of rotatable bonds is 9. The van der Waals surface area contributed by atoms with Crippen molar-refractivity contribution in [1.29, 1.82) is 0 Å². The van der Waals surface area contributed by atoms with Crippen molar-refractivity contribution in [3.05, 3.63) is 65.5 Å². The summed E-state index contributed by atoms with van der Waals surface area (Å²) in [5.74, 6) is 0.0689. The van der Waals surface area contributed by atoms with Crippen LogP contribution in [0.4, 0.5) is 0 Å². The third-order valence-electron chi connectivity index (χ3n) is 3.65. The first kappa shape index (κ1) is 18.6. The summed E-state index contributed by atoms with van der Waals surface area (Å²) in [6.45, 7) is 3.04. The number of nitrogens with zero attached hydrogens (tertiary/aromatic N) is 2. The van der Waals surface area contributed by atoms with Gasteiger partial charge in [0.05, 0.1) is 18.0 Å². The number of methoxy groups -OCH3 is 1. The van der Waals surface area contributed by atoms with E-state index in [4.69, 9.17) is 4.74 Å². The average Bonchev–Trinajstić information content (AvgIpc) is 2.55. The molecule has 0 N–H and O–H groups in total. The molecule has 0 fully saturated rings. The van der Waals surface area contributed by atoms with Gasteiger partial charge in [-0.1, -0.05) is 35.9 Å². The Morgan fingerprint density at radius 2 is 1.96 bits per heavy atom. The third kappa shape index (κ3) is 5.70. The lowest BCUT2D eigenvalue weighted by Gasteiger charge is -2.22. The van der Waals surface area contributed by atoms with E-state index in [-0.39, 0.29) is 12.3 Å². The zero-order valence-electron chi connectivity index (χ0n) is 14.2. The fraction of sp³-hybridized carbons (Fsp3) is 0.389. The van der Waals surface area contributed by atoms with E-state index in [2.05, 4.69) is 4.98 Å². The molecule has 0 spiro atoms. The van der Waals surface area contributed by atoms with Crippen molar-refractivity contribution < 1.29 is 13.2 Å². The summed E-state index contributed by atoms with van der Waals surface area (Å²) in [5, 5.41) is 0. The second-order valence-electron chi connectivity index (χ2n) is 5.74. The van der Waals surface area contributed by atoms with Crippen LogP contribution in [0.2, 0.25) is 0 Å². The van der Waals surface area contributed by atoms with Crippen molar-refractivity contribution in [2.75, 3.05) is 19.5 Å². The van der Waals surface area contributed by atoms with Gasteiger partial charge >= 0.3 is 0 Å². The Morgan fingerprint density at radius 1 is 1.12 bits per heavy atom. The van der Waals surface area contributed by atoms with Crippen LogP contribution in [0.15, 0.2) is 48.7 Å². The van der Waals surface area contributed by atoms with E-state index >= 15 is 0 Å². The first-order valence-corrected chi connectivity index (χ1v) is 9.54. The Morgan fingerprint density at radius 3 is 2.62 bits per heavy atom. The van der Waals surface area contributed by atoms with E-state index in [0.717, 1.165) is 16.8 Å². The van der Waals surface area contributed by atoms with E-state index in [1.807, 2.05) is 49.4 Å². The van der Waals surface area contributed by atoms with Crippen molar-refractivity contribution >= 4 is 10.0 Å². The summed E-state index contributed by atoms with van der Waals surface area (Å²) < 4.78 is 32.0. The van der Waals surface area contributed by atoms with Crippen molar-refractivity contribution in [2.24, 2.45) is 0 Å². The van der Waals surface area contributed by atoms with Crippen LogP contribution in [0.5, 0.6) is 0 Å². The quantitative estimate of drug-likeness (QED) is 0.654. The van der Waals surface area contributed by atoms with Crippen LogP contribution in [-0.2, 0) is 27.8 Å². The minimum Gasteiger partial charge on any atom is -0.385 e. The lowest BCUT2D eigenvalue weighted by molar-refractivity contribution is 0.199. The average molecular weight is 348 g/mol. The van der Waals surface area contributed by atoms with Crippen LogP contribution in [0.25, 0.3) is 0 Å². The Bertz CT molecular complexity index is 733. The normalized spacial score (nSPS) is 11.8. The Balaban J connectivity index is 2.20. The number of hydrogen-bond acceptors (Lipinski definition) is 4. The maximum absolute atomic E-state index is 12.7. The fourth-order valence-electron chi connectivity index (χ4n) is 2.45. The van der Waals surface area contributed by atoms with Gasteiger partial charge in [-0.15, -0.1) is 0 Å². The zero-order valence-corrected chi connectivity index (χ0v) is 15.0. The molecule has 24 heavy (non-hydrogen) atoms. The highest BCUT2D eigenvalue weighted by atomic mass is 32.2. The SMILES string of the molecule is COCCCS(=O)(=O)N(Cc1cccc(C)c1)Cc1ccccn1. The molecule has 0 saturated carbocycles. The molecule has 0 bridgehead atoms. The lowest BCUT2D eigenvalue weighted by Crippen LogP contribution is -2.33. The first-order valence-electron chi connectivity index (χ1n) is 7.93. The fourth-order valence-corrected chi connectivity index (χ4v) is 3.87. The minimum atomic E-state index is -3.39. The van der Waals surface area contributed by atoms with Gasteiger partial charge in [-0.3, -0.25) is 4.98 Å². The molecule has 130 valence electrons. The predicted octanol–water partition coefficient (Wildman–Crippen LogP) is 2.76. The predicted molar refractivity (Wildman–Crippen MR) is 94.9 cm³/mol. The molecule has 0 atom stereocenters. The van der Waals surface area contributed by atoms with Crippen LogP contribution >= 0.6 is 0 Å². The van der Waals surface area contributed by atoms with E-state index < -0.39 is 10.0 Å². The minimum absolute atomic E-state index is 0.0689. The van der Waals surface area contributed by atoms with E-state index in [1.165, 1.54) is 4.31 Å². The first-order chi connectivity index (χ1) is 11.5. The van der Waals surface area contributed by atoms with E-state index in [9.17, 15) is 8.42 Å². The number of benzene rings is 1. The van der Waals surface area contributed by atoms with Crippen LogP contribution in [0.1, 0.15) is 23.2 Å². The number of hydrogen-bond donors (Lipinski definition) is 0. The molecule has 0 saturated heterocycles. The van der Waals surface area contributed by atoms with Crippen LogP contribution in [0, 0.1) is 6.92 Å². The Hall–Kier alpha value is -1.76. The van der Waals surface area contributed by atoms with Crippen LogP contribution in [-0.4, -0.2) is 37.2 Å². The summed E-state index contributed by atoms with van der Waals surface area (Å²) >= 11 is 0.